The minimum Gasteiger partial charge on any atom is -0.380 e. The standard InChI is InChI=1S/C34H34F3N7O/c1-21-6-7-23(17-40-30-9-8-24(15-28(30)34(35,36)37)25-5-4-12-44(3)20-25)13-31(21)43-33-39-11-10-29(42-33)26-14-27(19-38-18-26)32-22(2)16-41-45-32/h6-11,13-16,18-19,25,40H,4-5,12,17,20H2,1-3H3,(H,39,42,43). The number of nitrogens with one attached hydrogen (secondary N) is 2. The predicted molar refractivity (Wildman–Crippen MR) is 168 cm³/mol. The van der Waals surface area contributed by atoms with Crippen LogP contribution in [-0.2, 0) is 12.7 Å². The zero-order valence-electron chi connectivity index (χ0n) is 25.3. The van der Waals surface area contributed by atoms with E-state index in [-0.39, 0.29) is 18.2 Å². The summed E-state index contributed by atoms with van der Waals surface area (Å²) in [6.07, 6.45) is 4.15. The fraction of sp³-hybridized carbons (Fsp3) is 0.294. The first-order valence-corrected chi connectivity index (χ1v) is 14.8. The normalized spacial score (nSPS) is 15.6. The number of hydrogen-bond donors (Lipinski definition) is 2. The highest BCUT2D eigenvalue weighted by atomic mass is 19.4. The summed E-state index contributed by atoms with van der Waals surface area (Å²) in [6, 6.07) is 14.1. The summed E-state index contributed by atoms with van der Waals surface area (Å²) in [5, 5.41) is 10.2. The molecule has 1 atom stereocenters. The van der Waals surface area contributed by atoms with Gasteiger partial charge in [0.2, 0.25) is 5.95 Å². The number of aromatic nitrogens is 4. The molecule has 45 heavy (non-hydrogen) atoms. The third kappa shape index (κ3) is 6.99. The molecule has 1 aliphatic heterocycles. The fourth-order valence-electron chi connectivity index (χ4n) is 5.73. The van der Waals surface area contributed by atoms with Crippen molar-refractivity contribution in [3.63, 3.8) is 0 Å². The van der Waals surface area contributed by atoms with Gasteiger partial charge < -0.3 is 20.1 Å². The number of piperidine rings is 1. The molecule has 0 bridgehead atoms. The number of hydrogen-bond acceptors (Lipinski definition) is 8. The summed E-state index contributed by atoms with van der Waals surface area (Å²) in [7, 11) is 2.01. The molecule has 2 aromatic carbocycles. The van der Waals surface area contributed by atoms with Gasteiger partial charge in [0.1, 0.15) is 0 Å². The Morgan fingerprint density at radius 3 is 2.58 bits per heavy atom. The molecule has 11 heteroatoms. The molecule has 0 amide bonds. The van der Waals surface area contributed by atoms with E-state index in [0.717, 1.165) is 65.0 Å². The van der Waals surface area contributed by atoms with Crippen LogP contribution in [0.3, 0.4) is 0 Å². The molecule has 6 rings (SSSR count). The molecule has 1 aliphatic rings. The van der Waals surface area contributed by atoms with Gasteiger partial charge in [0.25, 0.3) is 0 Å². The Balaban J connectivity index is 1.19. The topological polar surface area (TPSA) is 92.0 Å². The van der Waals surface area contributed by atoms with Crippen molar-refractivity contribution in [1.29, 1.82) is 0 Å². The van der Waals surface area contributed by atoms with Crippen LogP contribution in [0.25, 0.3) is 22.6 Å². The fourth-order valence-corrected chi connectivity index (χ4v) is 5.73. The van der Waals surface area contributed by atoms with Crippen molar-refractivity contribution < 1.29 is 17.7 Å². The van der Waals surface area contributed by atoms with Crippen molar-refractivity contribution in [1.82, 2.24) is 25.0 Å². The van der Waals surface area contributed by atoms with E-state index < -0.39 is 11.7 Å². The molecule has 1 fully saturated rings. The predicted octanol–water partition coefficient (Wildman–Crippen LogP) is 7.99. The average Bonchev–Trinajstić information content (AvgIpc) is 3.47. The number of rotatable bonds is 8. The number of alkyl halides is 3. The lowest BCUT2D eigenvalue weighted by atomic mass is 9.89. The summed E-state index contributed by atoms with van der Waals surface area (Å²) in [5.74, 6) is 1.13. The highest BCUT2D eigenvalue weighted by Crippen LogP contribution is 2.38. The van der Waals surface area contributed by atoms with Gasteiger partial charge in [-0.2, -0.15) is 13.2 Å². The quantitative estimate of drug-likeness (QED) is 0.182. The molecule has 232 valence electrons. The van der Waals surface area contributed by atoms with Crippen molar-refractivity contribution in [2.24, 2.45) is 0 Å². The van der Waals surface area contributed by atoms with Gasteiger partial charge in [0, 0.05) is 59.7 Å². The van der Waals surface area contributed by atoms with Gasteiger partial charge >= 0.3 is 6.18 Å². The first-order chi connectivity index (χ1) is 21.6. The molecule has 1 unspecified atom stereocenters. The number of aryl methyl sites for hydroxylation is 2. The number of likely N-dealkylation sites (N-methyl/N-ethyl adjacent to an activating group) is 1. The second-order valence-electron chi connectivity index (χ2n) is 11.6. The summed E-state index contributed by atoms with van der Waals surface area (Å²) in [5.41, 5.74) is 5.81. The Hall–Kier alpha value is -4.77. The Morgan fingerprint density at radius 2 is 1.80 bits per heavy atom. The van der Waals surface area contributed by atoms with Crippen LogP contribution in [0.5, 0.6) is 0 Å². The number of likely N-dealkylation sites (tertiary alicyclic amines) is 1. The second-order valence-corrected chi connectivity index (χ2v) is 11.6. The van der Waals surface area contributed by atoms with Gasteiger partial charge in [-0.15, -0.1) is 0 Å². The lowest BCUT2D eigenvalue weighted by Crippen LogP contribution is -2.31. The van der Waals surface area contributed by atoms with Crippen LogP contribution in [0.2, 0.25) is 0 Å². The maximum Gasteiger partial charge on any atom is 0.418 e. The highest BCUT2D eigenvalue weighted by Gasteiger charge is 2.34. The zero-order valence-corrected chi connectivity index (χ0v) is 25.3. The highest BCUT2D eigenvalue weighted by molar-refractivity contribution is 5.69. The SMILES string of the molecule is Cc1ccc(CNc2ccc(C3CCCN(C)C3)cc2C(F)(F)F)cc1Nc1nccc(-c2cncc(-c3oncc3C)c2)n1. The second kappa shape index (κ2) is 12.7. The average molecular weight is 614 g/mol. The third-order valence-corrected chi connectivity index (χ3v) is 8.18. The van der Waals surface area contributed by atoms with Crippen LogP contribution in [-0.4, -0.2) is 45.1 Å². The van der Waals surface area contributed by atoms with Crippen molar-refractivity contribution >= 4 is 17.3 Å². The molecule has 3 aromatic heterocycles. The molecule has 0 radical (unpaired) electrons. The molecular formula is C34H34F3N7O. The van der Waals surface area contributed by atoms with E-state index in [2.05, 4.69) is 35.6 Å². The van der Waals surface area contributed by atoms with Crippen LogP contribution in [0.15, 0.2) is 77.8 Å². The van der Waals surface area contributed by atoms with E-state index in [9.17, 15) is 13.2 Å². The largest absolute Gasteiger partial charge is 0.418 e. The first kappa shape index (κ1) is 30.3. The van der Waals surface area contributed by atoms with E-state index >= 15 is 0 Å². The molecule has 0 aliphatic carbocycles. The summed E-state index contributed by atoms with van der Waals surface area (Å²) < 4.78 is 47.8. The van der Waals surface area contributed by atoms with Gasteiger partial charge in [-0.1, -0.05) is 23.4 Å². The molecular weight excluding hydrogens is 579 g/mol. The summed E-state index contributed by atoms with van der Waals surface area (Å²) >= 11 is 0. The monoisotopic (exact) mass is 613 g/mol. The number of nitrogens with zero attached hydrogens (tertiary/aromatic N) is 5. The number of benzene rings is 2. The molecule has 0 saturated carbocycles. The van der Waals surface area contributed by atoms with Gasteiger partial charge in [0.15, 0.2) is 5.76 Å². The minimum absolute atomic E-state index is 0.0675. The van der Waals surface area contributed by atoms with E-state index in [1.807, 2.05) is 51.2 Å². The van der Waals surface area contributed by atoms with Crippen LogP contribution in [0.1, 0.15) is 46.6 Å². The lowest BCUT2D eigenvalue weighted by molar-refractivity contribution is -0.137. The smallest absolute Gasteiger partial charge is 0.380 e. The number of pyridine rings is 1. The van der Waals surface area contributed by atoms with Crippen molar-refractivity contribution in [3.05, 3.63) is 101 Å². The number of anilines is 3. The molecule has 1 saturated heterocycles. The van der Waals surface area contributed by atoms with E-state index in [4.69, 9.17) is 4.52 Å². The van der Waals surface area contributed by atoms with E-state index in [0.29, 0.717) is 17.4 Å². The van der Waals surface area contributed by atoms with E-state index in [1.54, 1.807) is 36.9 Å². The lowest BCUT2D eigenvalue weighted by Gasteiger charge is -2.30. The van der Waals surface area contributed by atoms with Crippen LogP contribution >= 0.6 is 0 Å². The molecule has 8 nitrogen and oxygen atoms in total. The van der Waals surface area contributed by atoms with Gasteiger partial charge in [-0.3, -0.25) is 4.98 Å². The molecule has 2 N–H and O–H groups in total. The maximum absolute atomic E-state index is 14.1. The van der Waals surface area contributed by atoms with Crippen LogP contribution in [0, 0.1) is 13.8 Å². The van der Waals surface area contributed by atoms with Crippen molar-refractivity contribution in [2.45, 2.75) is 45.3 Å². The summed E-state index contributed by atoms with van der Waals surface area (Å²) in [6.45, 7) is 5.81. The number of halogens is 3. The van der Waals surface area contributed by atoms with Crippen LogP contribution in [0.4, 0.5) is 30.5 Å². The Morgan fingerprint density at radius 1 is 0.956 bits per heavy atom. The Bertz CT molecular complexity index is 1800. The summed E-state index contributed by atoms with van der Waals surface area (Å²) in [4.78, 5) is 15.6. The van der Waals surface area contributed by atoms with Gasteiger partial charge in [0.05, 0.1) is 17.5 Å². The minimum atomic E-state index is -4.47. The first-order valence-electron chi connectivity index (χ1n) is 14.8. The van der Waals surface area contributed by atoms with Gasteiger partial charge in [-0.25, -0.2) is 9.97 Å². The Labute approximate surface area is 259 Å². The van der Waals surface area contributed by atoms with Crippen molar-refractivity contribution in [2.75, 3.05) is 30.8 Å². The third-order valence-electron chi connectivity index (χ3n) is 8.18. The molecule has 4 heterocycles. The Kier molecular flexibility index (Phi) is 8.53. The molecule has 5 aromatic rings. The van der Waals surface area contributed by atoms with Crippen molar-refractivity contribution in [3.8, 4) is 22.6 Å². The molecule has 0 spiro atoms. The van der Waals surface area contributed by atoms with Crippen LogP contribution < -0.4 is 10.6 Å². The van der Waals surface area contributed by atoms with E-state index in [1.165, 1.54) is 6.07 Å². The zero-order chi connectivity index (χ0) is 31.6. The van der Waals surface area contributed by atoms with Gasteiger partial charge in [-0.05, 0) is 93.2 Å². The maximum atomic E-state index is 14.1.